The average molecular weight is 284 g/mol. The lowest BCUT2D eigenvalue weighted by atomic mass is 9.65. The number of aliphatic hydroxyl groups excluding tert-OH is 1. The Morgan fingerprint density at radius 2 is 1.70 bits per heavy atom. The van der Waals surface area contributed by atoms with Crippen LogP contribution in [0.3, 0.4) is 0 Å². The highest BCUT2D eigenvalue weighted by Crippen LogP contribution is 2.43. The van der Waals surface area contributed by atoms with Gasteiger partial charge in [0, 0.05) is 12.0 Å². The molecule has 0 amide bonds. The van der Waals surface area contributed by atoms with Gasteiger partial charge in [-0.05, 0) is 38.0 Å². The summed E-state index contributed by atoms with van der Waals surface area (Å²) in [5.41, 5.74) is 6.09. The average Bonchev–Trinajstić information content (AvgIpc) is 2.48. The molecule has 0 bridgehead atoms. The van der Waals surface area contributed by atoms with Gasteiger partial charge in [0.25, 0.3) is 0 Å². The van der Waals surface area contributed by atoms with E-state index in [0.717, 1.165) is 25.2 Å². The van der Waals surface area contributed by atoms with Crippen molar-refractivity contribution in [1.82, 2.24) is 0 Å². The minimum absolute atomic E-state index is 0.0367. The number of rotatable bonds is 10. The molecule has 0 aromatic heterocycles. The zero-order valence-corrected chi connectivity index (χ0v) is 13.9. The number of hydrogen-bond acceptors (Lipinski definition) is 2. The molecule has 1 atom stereocenters. The Morgan fingerprint density at radius 3 is 2.25 bits per heavy atom. The molecule has 0 heterocycles. The van der Waals surface area contributed by atoms with Crippen molar-refractivity contribution in [3.05, 3.63) is 0 Å². The predicted octanol–water partition coefficient (Wildman–Crippen LogP) is 4.64. The van der Waals surface area contributed by atoms with E-state index in [1.165, 1.54) is 57.8 Å². The molecule has 0 radical (unpaired) electrons. The fourth-order valence-corrected chi connectivity index (χ4v) is 3.87. The van der Waals surface area contributed by atoms with Gasteiger partial charge in [0.2, 0.25) is 0 Å². The summed E-state index contributed by atoms with van der Waals surface area (Å²) >= 11 is 0. The van der Waals surface area contributed by atoms with Crippen molar-refractivity contribution >= 4 is 0 Å². The molecule has 2 nitrogen and oxygen atoms in total. The van der Waals surface area contributed by atoms with E-state index in [-0.39, 0.29) is 11.5 Å². The normalized spacial score (nSPS) is 28.5. The standard InChI is InChI=1S/C18H37NO/c1-3-5-6-7-8-10-17(20)18(15-19)13-11-16(9-4-2)12-14-18/h16-17,20H,3-15,19H2,1-2H3. The molecular formula is C18H37NO. The van der Waals surface area contributed by atoms with Gasteiger partial charge in [-0.15, -0.1) is 0 Å². The second-order valence-corrected chi connectivity index (χ2v) is 7.02. The molecule has 2 heteroatoms. The second-order valence-electron chi connectivity index (χ2n) is 7.02. The summed E-state index contributed by atoms with van der Waals surface area (Å²) < 4.78 is 0. The molecule has 1 aliphatic carbocycles. The number of aliphatic hydroxyl groups is 1. The van der Waals surface area contributed by atoms with E-state index in [0.29, 0.717) is 6.54 Å². The highest BCUT2D eigenvalue weighted by atomic mass is 16.3. The summed E-state index contributed by atoms with van der Waals surface area (Å²) in [5, 5.41) is 10.6. The zero-order chi connectivity index (χ0) is 14.8. The van der Waals surface area contributed by atoms with Crippen LogP contribution >= 0.6 is 0 Å². The molecule has 0 aromatic carbocycles. The van der Waals surface area contributed by atoms with Crippen molar-refractivity contribution in [3.63, 3.8) is 0 Å². The molecule has 1 unspecified atom stereocenters. The number of unbranched alkanes of at least 4 members (excludes halogenated alkanes) is 4. The van der Waals surface area contributed by atoms with Crippen LogP contribution in [0.15, 0.2) is 0 Å². The summed E-state index contributed by atoms with van der Waals surface area (Å²) in [6, 6.07) is 0. The van der Waals surface area contributed by atoms with Crippen LogP contribution in [0.1, 0.15) is 90.9 Å². The van der Waals surface area contributed by atoms with E-state index >= 15 is 0 Å². The van der Waals surface area contributed by atoms with Crippen LogP contribution in [-0.4, -0.2) is 17.8 Å². The Balaban J connectivity index is 2.33. The largest absolute Gasteiger partial charge is 0.393 e. The van der Waals surface area contributed by atoms with Crippen molar-refractivity contribution in [2.45, 2.75) is 97.0 Å². The van der Waals surface area contributed by atoms with Gasteiger partial charge in [0.15, 0.2) is 0 Å². The first kappa shape index (κ1) is 18.0. The zero-order valence-electron chi connectivity index (χ0n) is 13.9. The van der Waals surface area contributed by atoms with Gasteiger partial charge in [-0.25, -0.2) is 0 Å². The number of nitrogens with two attached hydrogens (primary N) is 1. The molecule has 0 spiro atoms. The first-order chi connectivity index (χ1) is 9.68. The smallest absolute Gasteiger partial charge is 0.0608 e. The third-order valence-electron chi connectivity index (χ3n) is 5.49. The van der Waals surface area contributed by atoms with Crippen LogP contribution < -0.4 is 5.73 Å². The monoisotopic (exact) mass is 283 g/mol. The minimum atomic E-state index is -0.170. The Kier molecular flexibility index (Phi) is 8.79. The van der Waals surface area contributed by atoms with Gasteiger partial charge >= 0.3 is 0 Å². The van der Waals surface area contributed by atoms with Gasteiger partial charge in [-0.2, -0.15) is 0 Å². The van der Waals surface area contributed by atoms with Crippen LogP contribution in [0, 0.1) is 11.3 Å². The van der Waals surface area contributed by atoms with Crippen LogP contribution in [0.2, 0.25) is 0 Å². The quantitative estimate of drug-likeness (QED) is 0.574. The van der Waals surface area contributed by atoms with Crippen molar-refractivity contribution in [1.29, 1.82) is 0 Å². The molecular weight excluding hydrogens is 246 g/mol. The maximum atomic E-state index is 10.6. The maximum absolute atomic E-state index is 10.6. The molecule has 0 aliphatic heterocycles. The second kappa shape index (κ2) is 9.78. The van der Waals surface area contributed by atoms with Crippen LogP contribution in [-0.2, 0) is 0 Å². The summed E-state index contributed by atoms with van der Waals surface area (Å²) in [4.78, 5) is 0. The molecule has 0 saturated heterocycles. The number of hydrogen-bond donors (Lipinski definition) is 2. The van der Waals surface area contributed by atoms with Crippen molar-refractivity contribution < 1.29 is 5.11 Å². The molecule has 1 rings (SSSR count). The highest BCUT2D eigenvalue weighted by molar-refractivity contribution is 4.91. The van der Waals surface area contributed by atoms with Crippen molar-refractivity contribution in [3.8, 4) is 0 Å². The lowest BCUT2D eigenvalue weighted by Crippen LogP contribution is -2.44. The molecule has 3 N–H and O–H groups in total. The van der Waals surface area contributed by atoms with Crippen molar-refractivity contribution in [2.24, 2.45) is 17.1 Å². The Hall–Kier alpha value is -0.0800. The van der Waals surface area contributed by atoms with Gasteiger partial charge in [0.1, 0.15) is 0 Å². The van der Waals surface area contributed by atoms with Gasteiger partial charge < -0.3 is 10.8 Å². The third kappa shape index (κ3) is 5.37. The summed E-state index contributed by atoms with van der Waals surface area (Å²) in [6.45, 7) is 5.19. The predicted molar refractivity (Wildman–Crippen MR) is 87.7 cm³/mol. The summed E-state index contributed by atoms with van der Waals surface area (Å²) in [5.74, 6) is 0.886. The van der Waals surface area contributed by atoms with Crippen LogP contribution in [0.4, 0.5) is 0 Å². The maximum Gasteiger partial charge on any atom is 0.0608 e. The molecule has 0 aromatic rings. The van der Waals surface area contributed by atoms with Crippen LogP contribution in [0.5, 0.6) is 0 Å². The van der Waals surface area contributed by atoms with E-state index in [9.17, 15) is 5.11 Å². The first-order valence-corrected chi connectivity index (χ1v) is 9.06. The lowest BCUT2D eigenvalue weighted by molar-refractivity contribution is -0.0151. The molecule has 1 aliphatic rings. The van der Waals surface area contributed by atoms with Crippen LogP contribution in [0.25, 0.3) is 0 Å². The third-order valence-corrected chi connectivity index (χ3v) is 5.49. The van der Waals surface area contributed by atoms with E-state index in [1.54, 1.807) is 0 Å². The van der Waals surface area contributed by atoms with E-state index in [1.807, 2.05) is 0 Å². The minimum Gasteiger partial charge on any atom is -0.393 e. The van der Waals surface area contributed by atoms with Crippen molar-refractivity contribution in [2.75, 3.05) is 6.54 Å². The molecule has 20 heavy (non-hydrogen) atoms. The van der Waals surface area contributed by atoms with E-state index in [4.69, 9.17) is 5.73 Å². The fraction of sp³-hybridized carbons (Fsp3) is 1.00. The molecule has 1 fully saturated rings. The lowest BCUT2D eigenvalue weighted by Gasteiger charge is -2.43. The first-order valence-electron chi connectivity index (χ1n) is 9.06. The Bertz CT molecular complexity index is 234. The SMILES string of the molecule is CCCCCCCC(O)C1(CN)CCC(CCC)CC1. The Labute approximate surface area is 126 Å². The topological polar surface area (TPSA) is 46.2 Å². The van der Waals surface area contributed by atoms with Gasteiger partial charge in [-0.3, -0.25) is 0 Å². The highest BCUT2D eigenvalue weighted by Gasteiger charge is 2.39. The summed E-state index contributed by atoms with van der Waals surface area (Å²) in [7, 11) is 0. The Morgan fingerprint density at radius 1 is 1.05 bits per heavy atom. The van der Waals surface area contributed by atoms with Gasteiger partial charge in [0.05, 0.1) is 6.10 Å². The molecule has 1 saturated carbocycles. The van der Waals surface area contributed by atoms with E-state index in [2.05, 4.69) is 13.8 Å². The fourth-order valence-electron chi connectivity index (χ4n) is 3.87. The van der Waals surface area contributed by atoms with Gasteiger partial charge in [-0.1, -0.05) is 58.8 Å². The van der Waals surface area contributed by atoms with E-state index < -0.39 is 0 Å². The molecule has 120 valence electrons. The summed E-state index contributed by atoms with van der Waals surface area (Å²) in [6.07, 6.45) is 14.6.